The second-order valence-corrected chi connectivity index (χ2v) is 8.87. The van der Waals surface area contributed by atoms with E-state index in [0.717, 1.165) is 44.9 Å². The number of hydrogen-bond donors (Lipinski definition) is 0. The highest BCUT2D eigenvalue weighted by Crippen LogP contribution is 2.10. The predicted octanol–water partition coefficient (Wildman–Crippen LogP) is 6.84. The van der Waals surface area contributed by atoms with E-state index >= 15 is 0 Å². The van der Waals surface area contributed by atoms with Crippen molar-refractivity contribution in [1.29, 1.82) is 0 Å². The minimum absolute atomic E-state index is 0.0156. The van der Waals surface area contributed by atoms with Crippen LogP contribution in [0.15, 0.2) is 97.4 Å². The Morgan fingerprint density at radius 3 is 1.70 bits per heavy atom. The molecule has 1 aliphatic heterocycles. The highest BCUT2D eigenvalue weighted by molar-refractivity contribution is 5.94. The predicted molar refractivity (Wildman–Crippen MR) is 154 cm³/mol. The van der Waals surface area contributed by atoms with Gasteiger partial charge in [0.1, 0.15) is 0 Å². The zero-order valence-corrected chi connectivity index (χ0v) is 22.4. The number of aromatic nitrogens is 1. The zero-order chi connectivity index (χ0) is 26.4. The van der Waals surface area contributed by atoms with Crippen molar-refractivity contribution in [2.24, 2.45) is 0 Å². The van der Waals surface area contributed by atoms with E-state index in [0.29, 0.717) is 38.2 Å². The van der Waals surface area contributed by atoms with Crippen LogP contribution in [0.1, 0.15) is 68.6 Å². The van der Waals surface area contributed by atoms with Gasteiger partial charge in [0.2, 0.25) is 5.91 Å². The molecular formula is C32H43N3O2. The topological polar surface area (TPSA) is 53.5 Å². The Hall–Kier alpha value is -3.47. The maximum Gasteiger partial charge on any atom is 0.255 e. The Morgan fingerprint density at radius 2 is 1.22 bits per heavy atom. The molecule has 0 N–H and O–H groups in total. The van der Waals surface area contributed by atoms with Gasteiger partial charge in [0.15, 0.2) is 0 Å². The van der Waals surface area contributed by atoms with Gasteiger partial charge < -0.3 is 9.80 Å². The fourth-order valence-corrected chi connectivity index (χ4v) is 3.84. The number of nitrogens with zero attached hydrogens (tertiary/aromatic N) is 3. The van der Waals surface area contributed by atoms with Crippen molar-refractivity contribution >= 4 is 11.8 Å². The molecule has 1 fully saturated rings. The molecule has 0 radical (unpaired) electrons. The van der Waals surface area contributed by atoms with Crippen LogP contribution in [0, 0.1) is 0 Å². The summed E-state index contributed by atoms with van der Waals surface area (Å²) < 4.78 is 0. The number of amides is 2. The zero-order valence-electron chi connectivity index (χ0n) is 22.4. The van der Waals surface area contributed by atoms with Gasteiger partial charge in [-0.25, -0.2) is 0 Å². The van der Waals surface area contributed by atoms with Crippen LogP contribution in [-0.4, -0.2) is 52.8 Å². The van der Waals surface area contributed by atoms with Crippen LogP contribution in [0.3, 0.4) is 0 Å². The SMILES string of the molecule is CC/C=C\C/C=C\C/C=C\C/C=C\C/C=C\C/C=C\CCC(=O)N1CCN(C(=O)c2cccnc2)CC1. The minimum atomic E-state index is -0.0156. The molecule has 0 atom stereocenters. The Balaban J connectivity index is 1.48. The number of hydrogen-bond acceptors (Lipinski definition) is 3. The van der Waals surface area contributed by atoms with Crippen molar-refractivity contribution in [2.45, 2.75) is 58.3 Å². The van der Waals surface area contributed by atoms with Crippen LogP contribution >= 0.6 is 0 Å². The molecule has 2 heterocycles. The summed E-state index contributed by atoms with van der Waals surface area (Å²) >= 11 is 0. The molecule has 0 aromatic carbocycles. The largest absolute Gasteiger partial charge is 0.339 e. The fraction of sp³-hybridized carbons (Fsp3) is 0.406. The third-order valence-corrected chi connectivity index (χ3v) is 5.95. The van der Waals surface area contributed by atoms with Gasteiger partial charge in [-0.1, -0.05) is 79.8 Å². The second-order valence-electron chi connectivity index (χ2n) is 8.87. The third-order valence-electron chi connectivity index (χ3n) is 5.95. The Bertz CT molecular complexity index is 950. The molecule has 5 nitrogen and oxygen atoms in total. The Morgan fingerprint density at radius 1 is 0.730 bits per heavy atom. The number of rotatable bonds is 15. The van der Waals surface area contributed by atoms with Gasteiger partial charge in [-0.2, -0.15) is 0 Å². The quantitative estimate of drug-likeness (QED) is 0.247. The molecule has 2 rings (SSSR count). The van der Waals surface area contributed by atoms with E-state index in [1.165, 1.54) is 0 Å². The first kappa shape index (κ1) is 29.8. The Kier molecular flexibility index (Phi) is 15.8. The van der Waals surface area contributed by atoms with Crippen molar-refractivity contribution in [2.75, 3.05) is 26.2 Å². The molecule has 2 amide bonds. The van der Waals surface area contributed by atoms with Crippen LogP contribution in [0.5, 0.6) is 0 Å². The van der Waals surface area contributed by atoms with Gasteiger partial charge in [-0.05, 0) is 57.1 Å². The lowest BCUT2D eigenvalue weighted by Crippen LogP contribution is -2.50. The van der Waals surface area contributed by atoms with Gasteiger partial charge in [0.25, 0.3) is 5.91 Å². The maximum absolute atomic E-state index is 12.5. The van der Waals surface area contributed by atoms with Crippen LogP contribution in [0.4, 0.5) is 0 Å². The van der Waals surface area contributed by atoms with E-state index < -0.39 is 0 Å². The first-order valence-corrected chi connectivity index (χ1v) is 13.6. The van der Waals surface area contributed by atoms with Crippen LogP contribution in [-0.2, 0) is 4.79 Å². The standard InChI is InChI=1S/C32H43N3O2/c1-2-3-4-5-6-7-8-9-10-11-12-13-14-15-16-17-18-19-20-23-31(36)34-25-27-35(28-26-34)32(37)30-22-21-24-33-29-30/h3-4,6-7,9-10,12-13,15-16,18-19,21-22,24,29H,2,5,8,11,14,17,20,23,25-28H2,1H3/b4-3-,7-6-,10-9-,13-12-,16-15-,19-18-. The van der Waals surface area contributed by atoms with Crippen LogP contribution < -0.4 is 0 Å². The Labute approximate surface area is 223 Å². The molecule has 0 saturated carbocycles. The molecule has 198 valence electrons. The molecule has 1 saturated heterocycles. The van der Waals surface area contributed by atoms with Crippen molar-refractivity contribution in [3.8, 4) is 0 Å². The summed E-state index contributed by atoms with van der Waals surface area (Å²) in [5.74, 6) is 0.145. The van der Waals surface area contributed by atoms with Gasteiger partial charge in [-0.3, -0.25) is 14.6 Å². The van der Waals surface area contributed by atoms with Gasteiger partial charge in [-0.15, -0.1) is 0 Å². The molecule has 0 spiro atoms. The second kappa shape index (κ2) is 19.7. The molecule has 1 aromatic heterocycles. The molecule has 5 heteroatoms. The number of allylic oxidation sites excluding steroid dienone is 12. The first-order chi connectivity index (χ1) is 18.2. The summed E-state index contributed by atoms with van der Waals surface area (Å²) in [7, 11) is 0. The summed E-state index contributed by atoms with van der Waals surface area (Å²) in [4.78, 5) is 32.6. The van der Waals surface area contributed by atoms with Crippen molar-refractivity contribution in [1.82, 2.24) is 14.8 Å². The lowest BCUT2D eigenvalue weighted by Gasteiger charge is -2.34. The molecule has 37 heavy (non-hydrogen) atoms. The number of carbonyl (C=O) groups excluding carboxylic acids is 2. The fourth-order valence-electron chi connectivity index (χ4n) is 3.84. The normalized spacial score (nSPS) is 15.1. The minimum Gasteiger partial charge on any atom is -0.339 e. The average Bonchev–Trinajstić information content (AvgIpc) is 2.94. The van der Waals surface area contributed by atoms with Crippen molar-refractivity contribution in [3.05, 3.63) is 103 Å². The summed E-state index contributed by atoms with van der Waals surface area (Å²) in [5.41, 5.74) is 0.597. The van der Waals surface area contributed by atoms with Gasteiger partial charge >= 0.3 is 0 Å². The highest BCUT2D eigenvalue weighted by Gasteiger charge is 2.24. The number of carbonyl (C=O) groups is 2. The van der Waals surface area contributed by atoms with Gasteiger partial charge in [0, 0.05) is 45.0 Å². The summed E-state index contributed by atoms with van der Waals surface area (Å²) in [6.07, 6.45) is 36.6. The summed E-state index contributed by atoms with van der Waals surface area (Å²) in [6, 6.07) is 3.54. The lowest BCUT2D eigenvalue weighted by atomic mass is 10.2. The van der Waals surface area contributed by atoms with E-state index in [-0.39, 0.29) is 11.8 Å². The van der Waals surface area contributed by atoms with E-state index in [2.05, 4.69) is 84.8 Å². The van der Waals surface area contributed by atoms with Gasteiger partial charge in [0.05, 0.1) is 5.56 Å². The number of piperazine rings is 1. The molecule has 1 aliphatic rings. The summed E-state index contributed by atoms with van der Waals surface area (Å²) in [6.45, 7) is 4.47. The van der Waals surface area contributed by atoms with E-state index in [9.17, 15) is 9.59 Å². The maximum atomic E-state index is 12.5. The summed E-state index contributed by atoms with van der Waals surface area (Å²) in [5, 5.41) is 0. The van der Waals surface area contributed by atoms with Crippen LogP contribution in [0.25, 0.3) is 0 Å². The van der Waals surface area contributed by atoms with E-state index in [1.54, 1.807) is 29.4 Å². The molecule has 1 aromatic rings. The van der Waals surface area contributed by atoms with Crippen LogP contribution in [0.2, 0.25) is 0 Å². The first-order valence-electron chi connectivity index (χ1n) is 13.6. The third kappa shape index (κ3) is 13.4. The molecule has 0 unspecified atom stereocenters. The molecule has 0 bridgehead atoms. The highest BCUT2D eigenvalue weighted by atomic mass is 16.2. The van der Waals surface area contributed by atoms with Crippen molar-refractivity contribution < 1.29 is 9.59 Å². The smallest absolute Gasteiger partial charge is 0.255 e. The lowest BCUT2D eigenvalue weighted by molar-refractivity contribution is -0.132. The van der Waals surface area contributed by atoms with E-state index in [4.69, 9.17) is 0 Å². The number of pyridine rings is 1. The monoisotopic (exact) mass is 501 g/mol. The molecular weight excluding hydrogens is 458 g/mol. The van der Waals surface area contributed by atoms with Crippen molar-refractivity contribution in [3.63, 3.8) is 0 Å². The van der Waals surface area contributed by atoms with E-state index in [1.807, 2.05) is 4.90 Å². The molecule has 0 aliphatic carbocycles. The average molecular weight is 502 g/mol.